The fourth-order valence-corrected chi connectivity index (χ4v) is 6.16. The summed E-state index contributed by atoms with van der Waals surface area (Å²) in [6, 6.07) is 23.4. The van der Waals surface area contributed by atoms with Crippen molar-refractivity contribution >= 4 is 21.9 Å². The number of amides is 1. The van der Waals surface area contributed by atoms with Gasteiger partial charge in [0, 0.05) is 6.42 Å². The average Bonchev–Trinajstić information content (AvgIpc) is 2.83. The second-order valence-electron chi connectivity index (χ2n) is 9.09. The summed E-state index contributed by atoms with van der Waals surface area (Å²) in [5.74, 6) is -1.09. The van der Waals surface area contributed by atoms with E-state index in [-0.39, 0.29) is 11.3 Å². The molecule has 34 heavy (non-hydrogen) atoms. The molecule has 3 aromatic rings. The van der Waals surface area contributed by atoms with Gasteiger partial charge in [-0.05, 0) is 50.6 Å². The fraction of sp³-hybridized carbons (Fsp3) is 0.259. The number of aryl methyl sites for hydroxylation is 1. The fourth-order valence-electron chi connectivity index (χ4n) is 4.31. The van der Waals surface area contributed by atoms with Gasteiger partial charge in [0.2, 0.25) is 5.91 Å². The second-order valence-corrected chi connectivity index (χ2v) is 10.9. The number of hydrogen-bond donors (Lipinski definition) is 0. The normalized spacial score (nSPS) is 18.1. The molecule has 176 valence electrons. The van der Waals surface area contributed by atoms with Crippen molar-refractivity contribution in [3.8, 4) is 0 Å². The lowest BCUT2D eigenvalue weighted by Crippen LogP contribution is -2.72. The van der Waals surface area contributed by atoms with Gasteiger partial charge in [0.15, 0.2) is 0 Å². The van der Waals surface area contributed by atoms with Crippen LogP contribution in [0.1, 0.15) is 35.3 Å². The molecule has 1 saturated heterocycles. The molecule has 0 aliphatic carbocycles. The van der Waals surface area contributed by atoms with Crippen molar-refractivity contribution in [3.63, 3.8) is 0 Å². The van der Waals surface area contributed by atoms with Crippen LogP contribution in [-0.4, -0.2) is 36.7 Å². The Morgan fingerprint density at radius 3 is 2.09 bits per heavy atom. The van der Waals surface area contributed by atoms with Gasteiger partial charge in [-0.15, -0.1) is 0 Å². The van der Waals surface area contributed by atoms with Crippen LogP contribution in [0.5, 0.6) is 0 Å². The van der Waals surface area contributed by atoms with Crippen LogP contribution < -0.4 is 0 Å². The van der Waals surface area contributed by atoms with Crippen molar-refractivity contribution in [2.75, 3.05) is 0 Å². The number of esters is 1. The third kappa shape index (κ3) is 4.35. The van der Waals surface area contributed by atoms with Crippen LogP contribution in [0.4, 0.5) is 0 Å². The number of β-lactam (4-membered cyclic amide) rings is 1. The Labute approximate surface area is 200 Å². The molecule has 0 bridgehead atoms. The van der Waals surface area contributed by atoms with E-state index < -0.39 is 39.5 Å². The lowest BCUT2D eigenvalue weighted by atomic mass is 9.72. The van der Waals surface area contributed by atoms with E-state index in [1.54, 1.807) is 56.3 Å². The Hall–Kier alpha value is -3.45. The number of rotatable bonds is 7. The lowest BCUT2D eigenvalue weighted by Gasteiger charge is -2.53. The largest absolute Gasteiger partial charge is 0.456 e. The van der Waals surface area contributed by atoms with E-state index in [0.29, 0.717) is 5.56 Å². The summed E-state index contributed by atoms with van der Waals surface area (Å²) in [5.41, 5.74) is 1.10. The molecule has 1 fully saturated rings. The Morgan fingerprint density at radius 2 is 1.50 bits per heavy atom. The highest BCUT2D eigenvalue weighted by Crippen LogP contribution is 2.45. The summed E-state index contributed by atoms with van der Waals surface area (Å²) in [4.78, 5) is 26.1. The highest BCUT2D eigenvalue weighted by Gasteiger charge is 2.63. The van der Waals surface area contributed by atoms with Gasteiger partial charge >= 0.3 is 5.97 Å². The summed E-state index contributed by atoms with van der Waals surface area (Å²) in [6.45, 7) is 5.24. The summed E-state index contributed by atoms with van der Waals surface area (Å²) in [6.07, 6.45) is -0.608. The molecule has 0 radical (unpaired) electrons. The Morgan fingerprint density at radius 1 is 0.941 bits per heavy atom. The van der Waals surface area contributed by atoms with Crippen molar-refractivity contribution in [2.24, 2.45) is 5.41 Å². The van der Waals surface area contributed by atoms with E-state index in [2.05, 4.69) is 0 Å². The van der Waals surface area contributed by atoms with Crippen LogP contribution in [0.3, 0.4) is 0 Å². The zero-order chi connectivity index (χ0) is 24.5. The number of hydrogen-bond acceptors (Lipinski definition) is 5. The van der Waals surface area contributed by atoms with E-state index in [4.69, 9.17) is 4.74 Å². The SMILES string of the molecule is Cc1ccc(S(=O)(=O)N2C(=O)C(C)(C)C2C(Cc2ccccc2)OC(=O)c2ccccc2)cc1. The van der Waals surface area contributed by atoms with Crippen LogP contribution >= 0.6 is 0 Å². The topological polar surface area (TPSA) is 80.8 Å². The van der Waals surface area contributed by atoms with Crippen LogP contribution in [0.2, 0.25) is 0 Å². The maximum atomic E-state index is 13.5. The van der Waals surface area contributed by atoms with Gasteiger partial charge < -0.3 is 4.74 Å². The maximum absolute atomic E-state index is 13.5. The molecule has 1 heterocycles. The molecule has 0 saturated carbocycles. The van der Waals surface area contributed by atoms with E-state index >= 15 is 0 Å². The second kappa shape index (κ2) is 9.06. The Bertz CT molecular complexity index is 1290. The third-order valence-corrected chi connectivity index (χ3v) is 8.00. The molecular formula is C27H27NO5S. The first kappa shape index (κ1) is 23.7. The lowest BCUT2D eigenvalue weighted by molar-refractivity contribution is -0.165. The summed E-state index contributed by atoms with van der Waals surface area (Å²) in [5, 5.41) is 0. The minimum Gasteiger partial charge on any atom is -0.456 e. The third-order valence-electron chi connectivity index (χ3n) is 6.22. The molecule has 4 rings (SSSR count). The smallest absolute Gasteiger partial charge is 0.338 e. The van der Waals surface area contributed by atoms with E-state index in [1.807, 2.05) is 37.3 Å². The van der Waals surface area contributed by atoms with Crippen molar-refractivity contribution < 1.29 is 22.7 Å². The van der Waals surface area contributed by atoms with Gasteiger partial charge in [-0.3, -0.25) is 4.79 Å². The molecule has 7 heteroatoms. The van der Waals surface area contributed by atoms with Gasteiger partial charge in [0.1, 0.15) is 6.10 Å². The summed E-state index contributed by atoms with van der Waals surface area (Å²) < 4.78 is 33.8. The van der Waals surface area contributed by atoms with Gasteiger partial charge in [0.05, 0.1) is 21.9 Å². The number of benzene rings is 3. The first-order valence-corrected chi connectivity index (χ1v) is 12.5. The highest BCUT2D eigenvalue weighted by molar-refractivity contribution is 7.89. The molecule has 1 aliphatic rings. The van der Waals surface area contributed by atoms with Crippen LogP contribution in [0, 0.1) is 12.3 Å². The number of ether oxygens (including phenoxy) is 1. The van der Waals surface area contributed by atoms with Gasteiger partial charge in [-0.25, -0.2) is 17.5 Å². The van der Waals surface area contributed by atoms with Crippen molar-refractivity contribution in [2.45, 2.75) is 44.2 Å². The van der Waals surface area contributed by atoms with Gasteiger partial charge in [-0.2, -0.15) is 0 Å². The van der Waals surface area contributed by atoms with Gasteiger partial charge in [0.25, 0.3) is 10.0 Å². The van der Waals surface area contributed by atoms with E-state index in [0.717, 1.165) is 15.4 Å². The average molecular weight is 478 g/mol. The Kier molecular flexibility index (Phi) is 6.32. The van der Waals surface area contributed by atoms with Gasteiger partial charge in [-0.1, -0.05) is 66.2 Å². The van der Waals surface area contributed by atoms with Crippen LogP contribution in [0.15, 0.2) is 89.8 Å². The highest BCUT2D eigenvalue weighted by atomic mass is 32.2. The molecule has 0 N–H and O–H groups in total. The summed E-state index contributed by atoms with van der Waals surface area (Å²) >= 11 is 0. The molecule has 0 spiro atoms. The molecular weight excluding hydrogens is 450 g/mol. The van der Waals surface area contributed by atoms with Crippen molar-refractivity contribution in [1.82, 2.24) is 4.31 Å². The minimum absolute atomic E-state index is 0.0276. The maximum Gasteiger partial charge on any atom is 0.338 e. The number of sulfonamides is 1. The standard InChI is InChI=1S/C27H27NO5S/c1-19-14-16-22(17-15-19)34(31,32)28-24(27(2,3)26(28)30)23(18-20-10-6-4-7-11-20)33-25(29)21-12-8-5-9-13-21/h4-17,23-24H,18H2,1-3H3. The predicted octanol–water partition coefficient (Wildman–Crippen LogP) is 4.39. The molecule has 2 unspecified atom stereocenters. The van der Waals surface area contributed by atoms with Crippen molar-refractivity contribution in [1.29, 1.82) is 0 Å². The molecule has 2 atom stereocenters. The molecule has 0 aromatic heterocycles. The first-order chi connectivity index (χ1) is 16.1. The van der Waals surface area contributed by atoms with Crippen molar-refractivity contribution in [3.05, 3.63) is 102 Å². The number of carbonyl (C=O) groups excluding carboxylic acids is 2. The summed E-state index contributed by atoms with van der Waals surface area (Å²) in [7, 11) is -4.13. The quantitative estimate of drug-likeness (QED) is 0.372. The van der Waals surface area contributed by atoms with Crippen LogP contribution in [-0.2, 0) is 26.0 Å². The van der Waals surface area contributed by atoms with Crippen LogP contribution in [0.25, 0.3) is 0 Å². The zero-order valence-corrected chi connectivity index (χ0v) is 20.2. The number of carbonyl (C=O) groups is 2. The molecule has 3 aromatic carbocycles. The Balaban J connectivity index is 1.73. The molecule has 6 nitrogen and oxygen atoms in total. The molecule has 1 aliphatic heterocycles. The molecule has 1 amide bonds. The first-order valence-electron chi connectivity index (χ1n) is 11.1. The van der Waals surface area contributed by atoms with E-state index in [1.165, 1.54) is 12.1 Å². The number of nitrogens with zero attached hydrogens (tertiary/aromatic N) is 1. The zero-order valence-electron chi connectivity index (χ0n) is 19.3. The minimum atomic E-state index is -4.13. The van der Waals surface area contributed by atoms with E-state index in [9.17, 15) is 18.0 Å². The monoisotopic (exact) mass is 477 g/mol. The predicted molar refractivity (Wildman–Crippen MR) is 129 cm³/mol.